The molecule has 0 rings (SSSR count). The molecule has 0 N–H and O–H groups in total. The van der Waals surface area contributed by atoms with Gasteiger partial charge in [-0.2, -0.15) is 0 Å². The van der Waals surface area contributed by atoms with Crippen LogP contribution in [0.5, 0.6) is 0 Å². The third-order valence-corrected chi connectivity index (χ3v) is 0. The molecule has 0 heterocycles. The Morgan fingerprint density at radius 2 is 0.750 bits per heavy atom. The second kappa shape index (κ2) is 15.7. The molecular weight excluding hydrogens is 381 g/mol. The van der Waals surface area contributed by atoms with Gasteiger partial charge in [0.1, 0.15) is 0 Å². The fourth-order valence-electron chi connectivity index (χ4n) is 0. The van der Waals surface area contributed by atoms with E-state index in [1.165, 1.54) is 0 Å². The second-order valence-corrected chi connectivity index (χ2v) is 0. The van der Waals surface area contributed by atoms with Crippen LogP contribution >= 0.6 is 0 Å². The van der Waals surface area contributed by atoms with Gasteiger partial charge in [-0.05, 0) is 0 Å². The van der Waals surface area contributed by atoms with Gasteiger partial charge in [0.25, 0.3) is 0 Å². The Hall–Kier alpha value is 4.87. The van der Waals surface area contributed by atoms with Crippen LogP contribution in [0.25, 0.3) is 0 Å². The molecule has 0 bridgehead atoms. The molecule has 0 saturated heterocycles. The van der Waals surface area contributed by atoms with Crippen molar-refractivity contribution >= 4 is 0 Å². The molecule has 0 amide bonds. The summed E-state index contributed by atoms with van der Waals surface area (Å²) in [4.78, 5) is 0. The molecule has 0 aromatic rings. The monoisotopic (exact) mass is 380 g/mol. The van der Waals surface area contributed by atoms with Crippen molar-refractivity contribution in [1.82, 2.24) is 0 Å². The van der Waals surface area contributed by atoms with E-state index in [0.717, 1.165) is 0 Å². The number of halogens is 2. The Kier molecular flexibility index (Phi) is 90.7. The van der Waals surface area contributed by atoms with Crippen molar-refractivity contribution in [3.8, 4) is 0 Å². The van der Waals surface area contributed by atoms with Crippen molar-refractivity contribution < 1.29 is 167 Å². The van der Waals surface area contributed by atoms with Crippen LogP contribution in [-0.4, -0.2) is 0 Å². The number of rotatable bonds is 0. The van der Waals surface area contributed by atoms with Crippen molar-refractivity contribution in [1.29, 1.82) is 0 Å². The molecule has 0 fully saturated rings. The van der Waals surface area contributed by atoms with Crippen LogP contribution in [-0.2, 0) is 0 Å². The number of hydrogen-bond donors (Lipinski definition) is 0. The van der Waals surface area contributed by atoms with Gasteiger partial charge in [0, 0.05) is 0 Å². The first-order valence-corrected chi connectivity index (χ1v) is 0. The molecule has 0 nitrogen and oxygen atoms in total. The molecule has 0 unspecified atom stereocenters. The minimum absolute atomic E-state index is 0. The molecule has 0 aliphatic heterocycles. The van der Waals surface area contributed by atoms with Gasteiger partial charge in [-0.25, -0.2) is 0 Å². The summed E-state index contributed by atoms with van der Waals surface area (Å²) in [6.07, 6.45) is 0. The second-order valence-electron chi connectivity index (χ2n) is 0. The molecule has 0 aliphatic carbocycles. The zero-order valence-corrected chi connectivity index (χ0v) is 17.7. The molecule has 0 aromatic carbocycles. The maximum absolute atomic E-state index is 0. The Bertz CT molecular complexity index is 6.00. The van der Waals surface area contributed by atoms with Crippen molar-refractivity contribution in [2.24, 2.45) is 0 Å². The molecular formula is BrClCs2. The third kappa shape index (κ3) is 9.98. The van der Waals surface area contributed by atoms with Crippen LogP contribution in [0.1, 0.15) is 0 Å². The van der Waals surface area contributed by atoms with Gasteiger partial charge in [-0.1, -0.05) is 0 Å². The summed E-state index contributed by atoms with van der Waals surface area (Å²) >= 11 is 0. The van der Waals surface area contributed by atoms with Crippen LogP contribution in [0, 0.1) is 0 Å². The fourth-order valence-corrected chi connectivity index (χ4v) is 0. The van der Waals surface area contributed by atoms with Gasteiger partial charge >= 0.3 is 138 Å². The molecule has 0 saturated carbocycles. The fraction of sp³-hybridized carbons (Fsp3) is 0. The quantitative estimate of drug-likeness (QED) is 0.391. The van der Waals surface area contributed by atoms with Gasteiger partial charge in [-0.15, -0.1) is 0 Å². The van der Waals surface area contributed by atoms with E-state index in [1.807, 2.05) is 0 Å². The smallest absolute Gasteiger partial charge is 1.00 e. The SMILES string of the molecule is [Br-].[Cl-].[Cs+].[Cs+]. The van der Waals surface area contributed by atoms with Crippen molar-refractivity contribution in [3.05, 3.63) is 0 Å². The maximum Gasteiger partial charge on any atom is 1.00 e. The zero-order chi connectivity index (χ0) is 0. The Morgan fingerprint density at radius 1 is 0.750 bits per heavy atom. The van der Waals surface area contributed by atoms with Gasteiger partial charge in [0.15, 0.2) is 0 Å². The van der Waals surface area contributed by atoms with Gasteiger partial charge < -0.3 is 29.4 Å². The Morgan fingerprint density at radius 3 is 0.750 bits per heavy atom. The van der Waals surface area contributed by atoms with E-state index in [4.69, 9.17) is 0 Å². The summed E-state index contributed by atoms with van der Waals surface area (Å²) in [5.74, 6) is 0. The van der Waals surface area contributed by atoms with E-state index in [9.17, 15) is 0 Å². The summed E-state index contributed by atoms with van der Waals surface area (Å²) < 4.78 is 0. The van der Waals surface area contributed by atoms with E-state index in [1.54, 1.807) is 0 Å². The summed E-state index contributed by atoms with van der Waals surface area (Å²) in [6.45, 7) is 0. The maximum atomic E-state index is 0. The van der Waals surface area contributed by atoms with Crippen LogP contribution in [0.2, 0.25) is 0 Å². The predicted octanol–water partition coefficient (Wildman–Crippen LogP) is -12.0. The third-order valence-electron chi connectivity index (χ3n) is 0. The van der Waals surface area contributed by atoms with E-state index >= 15 is 0 Å². The summed E-state index contributed by atoms with van der Waals surface area (Å²) in [5.41, 5.74) is 0. The molecule has 0 radical (unpaired) electrons. The van der Waals surface area contributed by atoms with Crippen LogP contribution < -0.4 is 167 Å². The summed E-state index contributed by atoms with van der Waals surface area (Å²) in [7, 11) is 0. The number of hydrogen-bond acceptors (Lipinski definition) is 0. The largest absolute Gasteiger partial charge is 1.00 e. The molecule has 4 heteroatoms. The molecule has 16 valence electrons. The van der Waals surface area contributed by atoms with Crippen LogP contribution in [0.15, 0.2) is 0 Å². The molecule has 0 spiro atoms. The molecule has 0 atom stereocenters. The Balaban J connectivity index is 0. The molecule has 4 heavy (non-hydrogen) atoms. The van der Waals surface area contributed by atoms with Gasteiger partial charge in [0.2, 0.25) is 0 Å². The van der Waals surface area contributed by atoms with Crippen molar-refractivity contribution in [2.75, 3.05) is 0 Å². The van der Waals surface area contributed by atoms with Crippen LogP contribution in [0.3, 0.4) is 0 Å². The average Bonchev–Trinajstić information content (AvgIpc) is 0. The first-order chi connectivity index (χ1) is 0. The van der Waals surface area contributed by atoms with E-state index in [2.05, 4.69) is 0 Å². The van der Waals surface area contributed by atoms with Crippen LogP contribution in [0.4, 0.5) is 0 Å². The first kappa shape index (κ1) is 23.2. The normalized spacial score (nSPS) is 0. The molecule has 0 aliphatic rings. The van der Waals surface area contributed by atoms with E-state index in [0.29, 0.717) is 0 Å². The van der Waals surface area contributed by atoms with E-state index in [-0.39, 0.29) is 167 Å². The topological polar surface area (TPSA) is 0 Å². The van der Waals surface area contributed by atoms with E-state index < -0.39 is 0 Å². The minimum Gasteiger partial charge on any atom is -1.00 e. The van der Waals surface area contributed by atoms with Gasteiger partial charge in [-0.3, -0.25) is 0 Å². The zero-order valence-electron chi connectivity index (χ0n) is 2.76. The first-order valence-electron chi connectivity index (χ1n) is 0. The van der Waals surface area contributed by atoms with Crippen molar-refractivity contribution in [3.63, 3.8) is 0 Å². The Labute approximate surface area is 161 Å². The summed E-state index contributed by atoms with van der Waals surface area (Å²) in [5, 5.41) is 0. The van der Waals surface area contributed by atoms with Gasteiger partial charge in [0.05, 0.1) is 0 Å². The average molecular weight is 381 g/mol. The minimum atomic E-state index is 0. The standard InChI is InChI=1S/BrH.ClH.2Cs/h2*1H;;/q;;2*+1/p-2. The molecule has 0 aromatic heterocycles. The predicted molar refractivity (Wildman–Crippen MR) is 0 cm³/mol. The van der Waals surface area contributed by atoms with Crippen molar-refractivity contribution in [2.45, 2.75) is 0 Å². The summed E-state index contributed by atoms with van der Waals surface area (Å²) in [6, 6.07) is 0.